The van der Waals surface area contributed by atoms with E-state index in [0.29, 0.717) is 13.2 Å². The van der Waals surface area contributed by atoms with Crippen molar-refractivity contribution in [2.24, 2.45) is 0 Å². The predicted molar refractivity (Wildman–Crippen MR) is 76.1 cm³/mol. The van der Waals surface area contributed by atoms with Crippen molar-refractivity contribution in [2.45, 2.75) is 37.4 Å². The van der Waals surface area contributed by atoms with E-state index in [4.69, 9.17) is 25.8 Å². The van der Waals surface area contributed by atoms with E-state index in [1.807, 2.05) is 12.1 Å². The lowest BCUT2D eigenvalue weighted by atomic mass is 9.91. The summed E-state index contributed by atoms with van der Waals surface area (Å²) in [7, 11) is 1.66. The van der Waals surface area contributed by atoms with Crippen LogP contribution < -0.4 is 4.74 Å². The van der Waals surface area contributed by atoms with Crippen LogP contribution >= 0.6 is 11.6 Å². The summed E-state index contributed by atoms with van der Waals surface area (Å²) in [5.74, 6) is 0.897. The number of ether oxygens (including phenoxy) is 3. The van der Waals surface area contributed by atoms with Gasteiger partial charge in [0.05, 0.1) is 18.6 Å². The molecule has 1 saturated carbocycles. The van der Waals surface area contributed by atoms with E-state index in [-0.39, 0.29) is 17.6 Å². The van der Waals surface area contributed by atoms with Gasteiger partial charge in [-0.15, -0.1) is 11.6 Å². The zero-order valence-electron chi connectivity index (χ0n) is 11.5. The highest BCUT2D eigenvalue weighted by molar-refractivity contribution is 6.21. The monoisotopic (exact) mass is 284 g/mol. The number of halogens is 1. The highest BCUT2D eigenvalue weighted by Crippen LogP contribution is 2.33. The third-order valence-electron chi connectivity index (χ3n) is 3.37. The van der Waals surface area contributed by atoms with Gasteiger partial charge in [0, 0.05) is 13.5 Å². The summed E-state index contributed by atoms with van der Waals surface area (Å²) in [4.78, 5) is 0. The van der Waals surface area contributed by atoms with E-state index in [9.17, 15) is 0 Å². The fourth-order valence-corrected chi connectivity index (χ4v) is 2.55. The molecule has 0 heterocycles. The van der Waals surface area contributed by atoms with Crippen LogP contribution in [0.2, 0.25) is 0 Å². The Kier molecular flexibility index (Phi) is 5.49. The van der Waals surface area contributed by atoms with Crippen molar-refractivity contribution in [1.29, 1.82) is 0 Å². The molecule has 4 heteroatoms. The maximum atomic E-state index is 6.17. The van der Waals surface area contributed by atoms with Gasteiger partial charge in [0.15, 0.2) is 0 Å². The Morgan fingerprint density at radius 1 is 1.32 bits per heavy atom. The normalized spacial score (nSPS) is 25.9. The molecule has 0 saturated heterocycles. The van der Waals surface area contributed by atoms with Gasteiger partial charge in [-0.25, -0.2) is 0 Å². The Balaban J connectivity index is 1.87. The lowest BCUT2D eigenvalue weighted by Gasteiger charge is -2.40. The average Bonchev–Trinajstić information content (AvgIpc) is 2.43. The lowest BCUT2D eigenvalue weighted by Crippen LogP contribution is -2.53. The van der Waals surface area contributed by atoms with E-state index in [1.165, 1.54) is 5.56 Å². The van der Waals surface area contributed by atoms with Gasteiger partial charge in [0.1, 0.15) is 18.0 Å². The predicted octanol–water partition coefficient (Wildman–Crippen LogP) is 3.04. The molecule has 0 N–H and O–H groups in total. The van der Waals surface area contributed by atoms with Gasteiger partial charge in [-0.2, -0.15) is 0 Å². The minimum absolute atomic E-state index is 0.0382. The minimum atomic E-state index is -0.0397. The molecule has 0 aromatic heterocycles. The molecule has 0 radical (unpaired) electrons. The maximum Gasteiger partial charge on any atom is 0.128 e. The van der Waals surface area contributed by atoms with Crippen molar-refractivity contribution in [3.8, 4) is 5.75 Å². The summed E-state index contributed by atoms with van der Waals surface area (Å²) in [6.07, 6.45) is 1.84. The zero-order valence-corrected chi connectivity index (χ0v) is 12.2. The number of hydrogen-bond acceptors (Lipinski definition) is 3. The fourth-order valence-electron chi connectivity index (χ4n) is 2.14. The molecule has 3 nitrogen and oxygen atoms in total. The molecule has 0 spiro atoms. The van der Waals surface area contributed by atoms with Crippen LogP contribution in [0.4, 0.5) is 0 Å². The van der Waals surface area contributed by atoms with Crippen LogP contribution in [0.5, 0.6) is 5.75 Å². The third-order valence-corrected chi connectivity index (χ3v) is 3.80. The molecular weight excluding hydrogens is 264 g/mol. The molecule has 2 rings (SSSR count). The van der Waals surface area contributed by atoms with Crippen molar-refractivity contribution in [3.05, 3.63) is 29.8 Å². The lowest BCUT2D eigenvalue weighted by molar-refractivity contribution is -0.0898. The minimum Gasteiger partial charge on any atom is -0.488 e. The molecule has 19 heavy (non-hydrogen) atoms. The Hall–Kier alpha value is -0.770. The molecule has 1 fully saturated rings. The summed E-state index contributed by atoms with van der Waals surface area (Å²) in [5.41, 5.74) is 1.27. The number of aryl methyl sites for hydroxylation is 1. The molecular formula is C15H21ClO3. The summed E-state index contributed by atoms with van der Waals surface area (Å²) < 4.78 is 16.6. The Morgan fingerprint density at radius 2 is 2.16 bits per heavy atom. The first-order valence-corrected chi connectivity index (χ1v) is 7.18. The second-order valence-electron chi connectivity index (χ2n) is 4.74. The van der Waals surface area contributed by atoms with Crippen molar-refractivity contribution in [3.63, 3.8) is 0 Å². The first kappa shape index (κ1) is 14.6. The molecule has 0 aliphatic heterocycles. The van der Waals surface area contributed by atoms with Gasteiger partial charge >= 0.3 is 0 Å². The number of alkyl halides is 1. The average molecular weight is 285 g/mol. The maximum absolute atomic E-state index is 6.17. The molecule has 3 unspecified atom stereocenters. The van der Waals surface area contributed by atoms with Crippen molar-refractivity contribution in [1.82, 2.24) is 0 Å². The van der Waals surface area contributed by atoms with E-state index in [1.54, 1.807) is 7.11 Å². The first-order chi connectivity index (χ1) is 9.24. The first-order valence-electron chi connectivity index (χ1n) is 6.74. The van der Waals surface area contributed by atoms with Gasteiger partial charge in [0.2, 0.25) is 0 Å². The van der Waals surface area contributed by atoms with Gasteiger partial charge < -0.3 is 14.2 Å². The van der Waals surface area contributed by atoms with E-state index < -0.39 is 0 Å². The highest BCUT2D eigenvalue weighted by atomic mass is 35.5. The van der Waals surface area contributed by atoms with Crippen LogP contribution in [0.1, 0.15) is 18.9 Å². The van der Waals surface area contributed by atoms with Crippen LogP contribution in [-0.4, -0.2) is 37.9 Å². The van der Waals surface area contributed by atoms with Gasteiger partial charge in [-0.3, -0.25) is 0 Å². The van der Waals surface area contributed by atoms with Gasteiger partial charge in [0.25, 0.3) is 0 Å². The standard InChI is InChI=1S/C15H21ClO3/c1-3-11-5-4-6-12(9-11)19-14-10-13(16)15(14)18-8-7-17-2/h4-6,9,13-15H,3,7-8,10H2,1-2H3. The number of rotatable bonds is 7. The summed E-state index contributed by atoms with van der Waals surface area (Å²) in [6.45, 7) is 3.27. The Bertz CT molecular complexity index is 397. The van der Waals surface area contributed by atoms with Crippen molar-refractivity contribution >= 4 is 11.6 Å². The molecule has 0 bridgehead atoms. The van der Waals surface area contributed by atoms with Crippen LogP contribution in [0.25, 0.3) is 0 Å². The molecule has 1 aliphatic rings. The highest BCUT2D eigenvalue weighted by Gasteiger charge is 2.42. The SMILES string of the molecule is CCc1cccc(OC2CC(Cl)C2OCCOC)c1. The summed E-state index contributed by atoms with van der Waals surface area (Å²) >= 11 is 6.17. The van der Waals surface area contributed by atoms with Crippen LogP contribution in [-0.2, 0) is 15.9 Å². The molecule has 1 aromatic carbocycles. The molecule has 106 valence electrons. The smallest absolute Gasteiger partial charge is 0.128 e. The van der Waals surface area contributed by atoms with Crippen LogP contribution in [0.15, 0.2) is 24.3 Å². The number of methoxy groups -OCH3 is 1. The fraction of sp³-hybridized carbons (Fsp3) is 0.600. The Labute approximate surface area is 119 Å². The second kappa shape index (κ2) is 7.13. The Morgan fingerprint density at radius 3 is 2.84 bits per heavy atom. The quantitative estimate of drug-likeness (QED) is 0.569. The van der Waals surface area contributed by atoms with Crippen molar-refractivity contribution in [2.75, 3.05) is 20.3 Å². The molecule has 0 amide bonds. The molecule has 1 aliphatic carbocycles. The largest absolute Gasteiger partial charge is 0.488 e. The van der Waals surface area contributed by atoms with Crippen molar-refractivity contribution < 1.29 is 14.2 Å². The number of benzene rings is 1. The second-order valence-corrected chi connectivity index (χ2v) is 5.30. The topological polar surface area (TPSA) is 27.7 Å². The van der Waals surface area contributed by atoms with E-state index in [0.717, 1.165) is 18.6 Å². The van der Waals surface area contributed by atoms with Gasteiger partial charge in [-0.05, 0) is 24.1 Å². The number of hydrogen-bond donors (Lipinski definition) is 0. The molecule has 3 atom stereocenters. The summed E-state index contributed by atoms with van der Waals surface area (Å²) in [6, 6.07) is 8.18. The van der Waals surface area contributed by atoms with E-state index in [2.05, 4.69) is 19.1 Å². The van der Waals surface area contributed by atoms with Gasteiger partial charge in [-0.1, -0.05) is 19.1 Å². The summed E-state index contributed by atoms with van der Waals surface area (Å²) in [5, 5.41) is 0.0382. The zero-order chi connectivity index (χ0) is 13.7. The van der Waals surface area contributed by atoms with E-state index >= 15 is 0 Å². The molecule has 1 aromatic rings. The van der Waals surface area contributed by atoms with Crippen LogP contribution in [0, 0.1) is 0 Å². The van der Waals surface area contributed by atoms with Crippen LogP contribution in [0.3, 0.4) is 0 Å². The third kappa shape index (κ3) is 3.85.